The van der Waals surface area contributed by atoms with Gasteiger partial charge in [-0.3, -0.25) is 0 Å². The van der Waals surface area contributed by atoms with Gasteiger partial charge in [-0.05, 0) is 42.6 Å². The van der Waals surface area contributed by atoms with Gasteiger partial charge < -0.3 is 5.11 Å². The molecule has 0 fully saturated rings. The molecule has 22 heavy (non-hydrogen) atoms. The van der Waals surface area contributed by atoms with Crippen molar-refractivity contribution >= 4 is 11.8 Å². The first-order valence-electron chi connectivity index (χ1n) is 7.88. The van der Waals surface area contributed by atoms with Gasteiger partial charge in [-0.1, -0.05) is 37.8 Å². The Bertz CT molecular complexity index is 438. The lowest BCUT2D eigenvalue weighted by Gasteiger charge is -2.25. The highest BCUT2D eigenvalue weighted by molar-refractivity contribution is 7.99. The molecule has 1 N–H and O–H groups in total. The number of thioether (sulfide) groups is 1. The number of aliphatic hydroxyl groups excluding tert-OH is 1. The summed E-state index contributed by atoms with van der Waals surface area (Å²) in [6.07, 6.45) is 9.69. The number of hydrogen-bond acceptors (Lipinski definition) is 4. The van der Waals surface area contributed by atoms with Gasteiger partial charge >= 0.3 is 0 Å². The van der Waals surface area contributed by atoms with Gasteiger partial charge in [-0.2, -0.15) is 0 Å². The van der Waals surface area contributed by atoms with Crippen molar-refractivity contribution in [1.82, 2.24) is 9.97 Å². The molecule has 0 aliphatic rings. The van der Waals surface area contributed by atoms with Crippen LogP contribution in [-0.4, -0.2) is 27.4 Å². The number of allylic oxidation sites excluding steroid dienone is 2. The minimum absolute atomic E-state index is 0.213. The molecule has 1 heterocycles. The minimum atomic E-state index is 0.213. The molecule has 2 unspecified atom stereocenters. The Labute approximate surface area is 139 Å². The molecule has 1 aromatic heterocycles. The molecule has 0 aromatic carbocycles. The number of aromatic nitrogens is 2. The van der Waals surface area contributed by atoms with E-state index in [9.17, 15) is 5.11 Å². The van der Waals surface area contributed by atoms with Crippen molar-refractivity contribution in [2.24, 2.45) is 23.7 Å². The molecule has 122 valence electrons. The molecule has 0 radical (unpaired) electrons. The van der Waals surface area contributed by atoms with Crippen LogP contribution in [0.1, 0.15) is 26.7 Å². The molecule has 0 amide bonds. The summed E-state index contributed by atoms with van der Waals surface area (Å²) < 4.78 is 0. The molecular weight excluding hydrogens is 292 g/mol. The topological polar surface area (TPSA) is 46.0 Å². The Balaban J connectivity index is 2.57. The maximum absolute atomic E-state index is 9.32. The van der Waals surface area contributed by atoms with E-state index in [0.29, 0.717) is 17.8 Å². The lowest BCUT2D eigenvalue weighted by Crippen LogP contribution is -2.18. The average Bonchev–Trinajstić information content (AvgIpc) is 2.57. The van der Waals surface area contributed by atoms with Crippen LogP contribution in [0.5, 0.6) is 0 Å². The fourth-order valence-electron chi connectivity index (χ4n) is 2.41. The van der Waals surface area contributed by atoms with Crippen molar-refractivity contribution in [2.75, 3.05) is 12.4 Å². The largest absolute Gasteiger partial charge is 0.396 e. The summed E-state index contributed by atoms with van der Waals surface area (Å²) in [5, 5.41) is 10.2. The summed E-state index contributed by atoms with van der Waals surface area (Å²) in [6, 6.07) is 1.83. The van der Waals surface area contributed by atoms with Gasteiger partial charge in [-0.15, -0.1) is 13.2 Å². The van der Waals surface area contributed by atoms with Crippen molar-refractivity contribution in [3.05, 3.63) is 43.8 Å². The Hall–Kier alpha value is -1.13. The minimum Gasteiger partial charge on any atom is -0.396 e. The summed E-state index contributed by atoms with van der Waals surface area (Å²) in [5.41, 5.74) is 0. The summed E-state index contributed by atoms with van der Waals surface area (Å²) in [6.45, 7) is 12.3. The molecule has 1 rings (SSSR count). The van der Waals surface area contributed by atoms with Crippen LogP contribution in [0.2, 0.25) is 0 Å². The molecule has 0 bridgehead atoms. The van der Waals surface area contributed by atoms with E-state index in [0.717, 1.165) is 23.8 Å². The Kier molecular flexibility index (Phi) is 9.09. The molecule has 1 aromatic rings. The van der Waals surface area contributed by atoms with Crippen LogP contribution < -0.4 is 0 Å². The van der Waals surface area contributed by atoms with Crippen LogP contribution in [-0.2, 0) is 0 Å². The molecule has 4 heteroatoms. The second-order valence-corrected chi connectivity index (χ2v) is 6.82. The van der Waals surface area contributed by atoms with Crippen LogP contribution >= 0.6 is 11.8 Å². The predicted octanol–water partition coefficient (Wildman–Crippen LogP) is 4.22. The second-order valence-electron chi connectivity index (χ2n) is 5.83. The van der Waals surface area contributed by atoms with Crippen LogP contribution in [0.15, 0.2) is 48.9 Å². The van der Waals surface area contributed by atoms with Gasteiger partial charge in [0.2, 0.25) is 0 Å². The lowest BCUT2D eigenvalue weighted by atomic mass is 9.84. The van der Waals surface area contributed by atoms with Crippen molar-refractivity contribution in [3.63, 3.8) is 0 Å². The maximum Gasteiger partial charge on any atom is 0.187 e. The molecule has 0 aliphatic carbocycles. The van der Waals surface area contributed by atoms with E-state index in [-0.39, 0.29) is 12.5 Å². The average molecular weight is 321 g/mol. The smallest absolute Gasteiger partial charge is 0.187 e. The van der Waals surface area contributed by atoms with E-state index < -0.39 is 0 Å². The van der Waals surface area contributed by atoms with Crippen LogP contribution in [0.3, 0.4) is 0 Å². The first-order chi connectivity index (χ1) is 10.6. The molecule has 0 spiro atoms. The first-order valence-corrected chi connectivity index (χ1v) is 8.86. The predicted molar refractivity (Wildman–Crippen MR) is 94.8 cm³/mol. The van der Waals surface area contributed by atoms with Crippen LogP contribution in [0.25, 0.3) is 0 Å². The highest BCUT2D eigenvalue weighted by atomic mass is 32.2. The molecule has 3 nitrogen and oxygen atoms in total. The number of hydrogen-bond donors (Lipinski definition) is 1. The molecular formula is C18H28N2OS. The van der Waals surface area contributed by atoms with Gasteiger partial charge in [0.25, 0.3) is 0 Å². The zero-order chi connectivity index (χ0) is 16.4. The second kappa shape index (κ2) is 10.6. The number of rotatable bonds is 11. The summed E-state index contributed by atoms with van der Waals surface area (Å²) >= 11 is 1.70. The molecule has 0 saturated heterocycles. The zero-order valence-corrected chi connectivity index (χ0v) is 14.5. The SMILES string of the molecule is C=CC(C)[C@H](CCC(C=C)[C@H](C)CO)CSc1ncccn1. The van der Waals surface area contributed by atoms with Gasteiger partial charge in [0.15, 0.2) is 5.16 Å². The third-order valence-electron chi connectivity index (χ3n) is 4.28. The van der Waals surface area contributed by atoms with E-state index in [1.54, 1.807) is 24.2 Å². The van der Waals surface area contributed by atoms with Crippen molar-refractivity contribution in [2.45, 2.75) is 31.8 Å². The van der Waals surface area contributed by atoms with E-state index >= 15 is 0 Å². The first kappa shape index (κ1) is 18.9. The summed E-state index contributed by atoms with van der Waals surface area (Å²) in [5.74, 6) is 2.59. The van der Waals surface area contributed by atoms with E-state index in [2.05, 4.69) is 37.0 Å². The Morgan fingerprint density at radius 2 is 1.86 bits per heavy atom. The third-order valence-corrected chi connectivity index (χ3v) is 5.34. The van der Waals surface area contributed by atoms with Gasteiger partial charge in [0.1, 0.15) is 0 Å². The highest BCUT2D eigenvalue weighted by Crippen LogP contribution is 2.29. The Morgan fingerprint density at radius 3 is 2.41 bits per heavy atom. The lowest BCUT2D eigenvalue weighted by molar-refractivity contribution is 0.196. The zero-order valence-electron chi connectivity index (χ0n) is 13.7. The molecule has 0 saturated carbocycles. The molecule has 4 atom stereocenters. The van der Waals surface area contributed by atoms with Gasteiger partial charge in [-0.25, -0.2) is 9.97 Å². The summed E-state index contributed by atoms with van der Waals surface area (Å²) in [7, 11) is 0. The van der Waals surface area contributed by atoms with Crippen molar-refractivity contribution in [1.29, 1.82) is 0 Å². The molecule has 0 aliphatic heterocycles. The van der Waals surface area contributed by atoms with Crippen LogP contribution in [0, 0.1) is 23.7 Å². The quantitative estimate of drug-likeness (QED) is 0.377. The third kappa shape index (κ3) is 6.32. The normalized spacial score (nSPS) is 16.5. The van der Waals surface area contributed by atoms with E-state index in [4.69, 9.17) is 0 Å². The number of aliphatic hydroxyl groups is 1. The van der Waals surface area contributed by atoms with Crippen LogP contribution in [0.4, 0.5) is 0 Å². The monoisotopic (exact) mass is 320 g/mol. The van der Waals surface area contributed by atoms with E-state index in [1.807, 2.05) is 18.2 Å². The van der Waals surface area contributed by atoms with Crippen molar-refractivity contribution < 1.29 is 5.11 Å². The van der Waals surface area contributed by atoms with Gasteiger partial charge in [0.05, 0.1) is 0 Å². The van der Waals surface area contributed by atoms with Gasteiger partial charge in [0, 0.05) is 24.8 Å². The van der Waals surface area contributed by atoms with Crippen molar-refractivity contribution in [3.8, 4) is 0 Å². The fraction of sp³-hybridized carbons (Fsp3) is 0.556. The highest BCUT2D eigenvalue weighted by Gasteiger charge is 2.20. The standard InChI is InChI=1S/C18H28N2OS/c1-5-14(3)17(9-8-16(6-2)15(4)12-21)13-22-18-19-10-7-11-20-18/h5-7,10-11,14-17,21H,1-2,8-9,12-13H2,3-4H3/t14?,15-,16?,17-/m1/s1. The maximum atomic E-state index is 9.32. The van der Waals surface area contributed by atoms with E-state index in [1.165, 1.54) is 0 Å². The summed E-state index contributed by atoms with van der Waals surface area (Å²) in [4.78, 5) is 8.53. The number of nitrogens with zero attached hydrogens (tertiary/aromatic N) is 2. The fourth-order valence-corrected chi connectivity index (χ4v) is 3.51. The Morgan fingerprint density at radius 1 is 1.18 bits per heavy atom.